The van der Waals surface area contributed by atoms with Gasteiger partial charge in [0.25, 0.3) is 11.1 Å². The highest BCUT2D eigenvalue weighted by Gasteiger charge is 2.36. The number of nitrogens with one attached hydrogen (secondary N) is 1. The number of rotatable bonds is 6. The lowest BCUT2D eigenvalue weighted by atomic mass is 10.1. The zero-order valence-corrected chi connectivity index (χ0v) is 13.8. The summed E-state index contributed by atoms with van der Waals surface area (Å²) >= 11 is 0.755. The van der Waals surface area contributed by atoms with Gasteiger partial charge in [0.05, 0.1) is 4.91 Å². The maximum atomic E-state index is 12.2. The molecule has 1 aromatic rings. The molecule has 1 aliphatic heterocycles. The first-order chi connectivity index (χ1) is 11.4. The number of thioether (sulfide) groups is 1. The SMILES string of the molecule is CCc1ccc(C=C2SC(=O)N(CC(=O)NCC(=O)O)C2=O)cc1. The molecule has 0 unspecified atom stereocenters. The van der Waals surface area contributed by atoms with E-state index in [1.807, 2.05) is 31.2 Å². The summed E-state index contributed by atoms with van der Waals surface area (Å²) in [7, 11) is 0. The van der Waals surface area contributed by atoms with Crippen molar-refractivity contribution in [1.82, 2.24) is 10.2 Å². The van der Waals surface area contributed by atoms with Gasteiger partial charge in [0, 0.05) is 0 Å². The van der Waals surface area contributed by atoms with Crippen LogP contribution in [0.3, 0.4) is 0 Å². The second-order valence-electron chi connectivity index (χ2n) is 5.03. The van der Waals surface area contributed by atoms with Gasteiger partial charge in [-0.15, -0.1) is 0 Å². The highest BCUT2D eigenvalue weighted by molar-refractivity contribution is 8.18. The Kier molecular flexibility index (Phi) is 5.75. The molecule has 0 radical (unpaired) electrons. The van der Waals surface area contributed by atoms with Crippen LogP contribution in [0, 0.1) is 0 Å². The average Bonchev–Trinajstić information content (AvgIpc) is 2.81. The van der Waals surface area contributed by atoms with Gasteiger partial charge in [-0.05, 0) is 35.4 Å². The number of aryl methyl sites for hydroxylation is 1. The van der Waals surface area contributed by atoms with Crippen LogP contribution in [0.5, 0.6) is 0 Å². The lowest BCUT2D eigenvalue weighted by Crippen LogP contribution is -2.41. The minimum absolute atomic E-state index is 0.232. The molecular formula is C16H16N2O5S. The van der Waals surface area contributed by atoms with Crippen molar-refractivity contribution >= 4 is 40.9 Å². The summed E-state index contributed by atoms with van der Waals surface area (Å²) in [5.41, 5.74) is 1.95. The number of aliphatic carboxylic acids is 1. The molecule has 1 aromatic carbocycles. The summed E-state index contributed by atoms with van der Waals surface area (Å²) in [6.45, 7) is 0.981. The van der Waals surface area contributed by atoms with Crippen LogP contribution in [-0.4, -0.2) is 46.1 Å². The van der Waals surface area contributed by atoms with E-state index in [-0.39, 0.29) is 4.91 Å². The Balaban J connectivity index is 2.05. The highest BCUT2D eigenvalue weighted by atomic mass is 32.2. The van der Waals surface area contributed by atoms with Crippen molar-refractivity contribution < 1.29 is 24.3 Å². The smallest absolute Gasteiger partial charge is 0.322 e. The molecule has 2 N–H and O–H groups in total. The van der Waals surface area contributed by atoms with Crippen molar-refractivity contribution in [2.75, 3.05) is 13.1 Å². The Morgan fingerprint density at radius 3 is 2.50 bits per heavy atom. The second-order valence-corrected chi connectivity index (χ2v) is 6.03. The van der Waals surface area contributed by atoms with E-state index in [1.165, 1.54) is 0 Å². The van der Waals surface area contributed by atoms with Gasteiger partial charge in [-0.2, -0.15) is 0 Å². The third-order valence-corrected chi connectivity index (χ3v) is 4.21. The predicted octanol–water partition coefficient (Wildman–Crippen LogP) is 1.49. The molecule has 8 heteroatoms. The van der Waals surface area contributed by atoms with Gasteiger partial charge in [-0.3, -0.25) is 24.1 Å². The van der Waals surface area contributed by atoms with Crippen molar-refractivity contribution in [1.29, 1.82) is 0 Å². The van der Waals surface area contributed by atoms with E-state index in [2.05, 4.69) is 5.32 Å². The fourth-order valence-corrected chi connectivity index (χ4v) is 2.85. The van der Waals surface area contributed by atoms with Crippen LogP contribution in [0.25, 0.3) is 6.08 Å². The van der Waals surface area contributed by atoms with Crippen molar-refractivity contribution in [2.45, 2.75) is 13.3 Å². The fraction of sp³-hybridized carbons (Fsp3) is 0.250. The molecule has 0 saturated carbocycles. The average molecular weight is 348 g/mol. The molecule has 3 amide bonds. The molecule has 2 rings (SSSR count). The van der Waals surface area contributed by atoms with Gasteiger partial charge in [0.1, 0.15) is 13.1 Å². The third-order valence-electron chi connectivity index (χ3n) is 3.30. The minimum atomic E-state index is -1.20. The number of amides is 3. The van der Waals surface area contributed by atoms with Crippen LogP contribution in [-0.2, 0) is 20.8 Å². The molecule has 0 atom stereocenters. The number of nitrogens with zero attached hydrogens (tertiary/aromatic N) is 1. The fourth-order valence-electron chi connectivity index (χ4n) is 2.01. The Labute approximate surface area is 142 Å². The summed E-state index contributed by atoms with van der Waals surface area (Å²) in [5.74, 6) is -2.46. The Morgan fingerprint density at radius 2 is 1.92 bits per heavy atom. The lowest BCUT2D eigenvalue weighted by Gasteiger charge is -2.11. The summed E-state index contributed by atoms with van der Waals surface area (Å²) in [4.78, 5) is 47.1. The Morgan fingerprint density at radius 1 is 1.25 bits per heavy atom. The van der Waals surface area contributed by atoms with Crippen LogP contribution in [0.15, 0.2) is 29.2 Å². The topological polar surface area (TPSA) is 104 Å². The number of hydrogen-bond acceptors (Lipinski definition) is 5. The largest absolute Gasteiger partial charge is 0.480 e. The third kappa shape index (κ3) is 4.45. The molecule has 126 valence electrons. The van der Waals surface area contributed by atoms with E-state index in [4.69, 9.17) is 5.11 Å². The van der Waals surface area contributed by atoms with Gasteiger partial charge < -0.3 is 10.4 Å². The van der Waals surface area contributed by atoms with Gasteiger partial charge >= 0.3 is 5.97 Å². The zero-order valence-electron chi connectivity index (χ0n) is 12.9. The molecule has 0 aliphatic carbocycles. The molecule has 1 aliphatic rings. The molecule has 0 spiro atoms. The van der Waals surface area contributed by atoms with Crippen molar-refractivity contribution in [3.63, 3.8) is 0 Å². The van der Waals surface area contributed by atoms with Crippen molar-refractivity contribution in [3.05, 3.63) is 40.3 Å². The monoisotopic (exact) mass is 348 g/mol. The summed E-state index contributed by atoms with van der Waals surface area (Å²) < 4.78 is 0. The quantitative estimate of drug-likeness (QED) is 0.755. The van der Waals surface area contributed by atoms with E-state index < -0.39 is 36.1 Å². The van der Waals surface area contributed by atoms with Crippen molar-refractivity contribution in [3.8, 4) is 0 Å². The molecule has 0 aromatic heterocycles. The number of carbonyl (C=O) groups excluding carboxylic acids is 3. The van der Waals surface area contributed by atoms with E-state index in [9.17, 15) is 19.2 Å². The summed E-state index contributed by atoms with van der Waals surface area (Å²) in [6, 6.07) is 7.59. The number of hydrogen-bond donors (Lipinski definition) is 2. The Hall–Kier alpha value is -2.61. The number of carbonyl (C=O) groups is 4. The maximum Gasteiger partial charge on any atom is 0.322 e. The van der Waals surface area contributed by atoms with Crippen LogP contribution in [0.1, 0.15) is 18.1 Å². The number of imide groups is 1. The predicted molar refractivity (Wildman–Crippen MR) is 89.1 cm³/mol. The molecular weight excluding hydrogens is 332 g/mol. The Bertz CT molecular complexity index is 712. The van der Waals surface area contributed by atoms with Gasteiger partial charge in [0.15, 0.2) is 0 Å². The van der Waals surface area contributed by atoms with E-state index in [0.29, 0.717) is 0 Å². The number of carboxylic acid groups (broad SMARTS) is 1. The minimum Gasteiger partial charge on any atom is -0.480 e. The first kappa shape index (κ1) is 17.7. The summed E-state index contributed by atoms with van der Waals surface area (Å²) in [6.07, 6.45) is 2.50. The number of benzene rings is 1. The first-order valence-corrected chi connectivity index (χ1v) is 8.05. The molecule has 1 heterocycles. The molecule has 7 nitrogen and oxygen atoms in total. The van der Waals surface area contributed by atoms with Crippen LogP contribution >= 0.6 is 11.8 Å². The van der Waals surface area contributed by atoms with Gasteiger partial charge in [-0.1, -0.05) is 31.2 Å². The molecule has 24 heavy (non-hydrogen) atoms. The maximum absolute atomic E-state index is 12.2. The molecule has 0 bridgehead atoms. The van der Waals surface area contributed by atoms with Crippen LogP contribution < -0.4 is 5.32 Å². The van der Waals surface area contributed by atoms with Gasteiger partial charge in [0.2, 0.25) is 5.91 Å². The van der Waals surface area contributed by atoms with Crippen LogP contribution in [0.2, 0.25) is 0 Å². The number of carboxylic acids is 1. The van der Waals surface area contributed by atoms with Crippen LogP contribution in [0.4, 0.5) is 4.79 Å². The second kappa shape index (κ2) is 7.78. The van der Waals surface area contributed by atoms with Crippen molar-refractivity contribution in [2.24, 2.45) is 0 Å². The van der Waals surface area contributed by atoms with E-state index >= 15 is 0 Å². The van der Waals surface area contributed by atoms with E-state index in [1.54, 1.807) is 6.08 Å². The summed E-state index contributed by atoms with van der Waals surface area (Å²) in [5, 5.41) is 10.1. The molecule has 1 saturated heterocycles. The first-order valence-electron chi connectivity index (χ1n) is 7.23. The van der Waals surface area contributed by atoms with Gasteiger partial charge in [-0.25, -0.2) is 0 Å². The molecule has 1 fully saturated rings. The normalized spacial score (nSPS) is 15.9. The zero-order chi connectivity index (χ0) is 17.7. The standard InChI is InChI=1S/C16H16N2O5S/c1-2-10-3-5-11(6-4-10)7-12-15(22)18(16(23)24-12)9-13(19)17-8-14(20)21/h3-7H,2,8-9H2,1H3,(H,17,19)(H,20,21). The lowest BCUT2D eigenvalue weighted by molar-refractivity contribution is -0.138. The highest BCUT2D eigenvalue weighted by Crippen LogP contribution is 2.31. The van der Waals surface area contributed by atoms with E-state index in [0.717, 1.165) is 34.2 Å².